The average Bonchev–Trinajstić information content (AvgIpc) is 2.56. The zero-order valence-electron chi connectivity index (χ0n) is 11.1. The molecule has 2 unspecified atom stereocenters. The van der Waals surface area contributed by atoms with E-state index in [9.17, 15) is 5.11 Å². The summed E-state index contributed by atoms with van der Waals surface area (Å²) in [6.45, 7) is 4.70. The summed E-state index contributed by atoms with van der Waals surface area (Å²) in [5.41, 5.74) is 7.01. The minimum atomic E-state index is -0.722. The Morgan fingerprint density at radius 3 is 2.94 bits per heavy atom. The third kappa shape index (κ3) is 2.71. The molecule has 0 amide bonds. The molecule has 3 N–H and O–H groups in total. The maximum absolute atomic E-state index is 10.7. The average molecular weight is 272 g/mol. The van der Waals surface area contributed by atoms with Crippen molar-refractivity contribution in [3.05, 3.63) is 16.4 Å². The molecule has 1 aliphatic rings. The Hall–Kier alpha value is -0.580. The first-order valence-electron chi connectivity index (χ1n) is 6.65. The third-order valence-corrected chi connectivity index (χ3v) is 4.30. The van der Waals surface area contributed by atoms with E-state index in [4.69, 9.17) is 17.3 Å². The zero-order chi connectivity index (χ0) is 13.3. The van der Waals surface area contributed by atoms with Crippen molar-refractivity contribution in [3.8, 4) is 0 Å². The Morgan fingerprint density at radius 2 is 2.33 bits per heavy atom. The second kappa shape index (κ2) is 5.19. The van der Waals surface area contributed by atoms with Crippen LogP contribution in [0, 0.1) is 6.92 Å². The van der Waals surface area contributed by atoms with Gasteiger partial charge in [-0.05, 0) is 39.5 Å². The lowest BCUT2D eigenvalue weighted by Gasteiger charge is -2.35. The van der Waals surface area contributed by atoms with E-state index in [2.05, 4.69) is 5.10 Å². The molecule has 0 bridgehead atoms. The number of nitrogens with zero attached hydrogens (tertiary/aromatic N) is 2. The molecule has 0 spiro atoms. The van der Waals surface area contributed by atoms with E-state index in [-0.39, 0.29) is 6.04 Å². The van der Waals surface area contributed by atoms with Gasteiger partial charge in [0.15, 0.2) is 0 Å². The van der Waals surface area contributed by atoms with Crippen LogP contribution in [0.15, 0.2) is 0 Å². The van der Waals surface area contributed by atoms with Gasteiger partial charge in [0, 0.05) is 19.0 Å². The minimum Gasteiger partial charge on any atom is -0.389 e. The van der Waals surface area contributed by atoms with Crippen molar-refractivity contribution in [3.63, 3.8) is 0 Å². The molecule has 5 heteroatoms. The van der Waals surface area contributed by atoms with Crippen LogP contribution in [0.1, 0.15) is 44.0 Å². The van der Waals surface area contributed by atoms with Gasteiger partial charge < -0.3 is 10.8 Å². The molecule has 1 aliphatic carbocycles. The molecule has 1 fully saturated rings. The van der Waals surface area contributed by atoms with E-state index in [1.54, 1.807) is 0 Å². The molecular formula is C13H22ClN3O. The molecule has 0 aliphatic heterocycles. The number of hydrogen-bond acceptors (Lipinski definition) is 3. The van der Waals surface area contributed by atoms with Crippen LogP contribution >= 0.6 is 11.6 Å². The van der Waals surface area contributed by atoms with Gasteiger partial charge in [0.25, 0.3) is 0 Å². The predicted octanol–water partition coefficient (Wildman–Crippen LogP) is 2.04. The molecule has 1 aromatic heterocycles. The summed E-state index contributed by atoms with van der Waals surface area (Å²) in [4.78, 5) is 0. The first kappa shape index (κ1) is 13.8. The summed E-state index contributed by atoms with van der Waals surface area (Å²) >= 11 is 6.28. The fourth-order valence-corrected chi connectivity index (χ4v) is 3.10. The van der Waals surface area contributed by atoms with Crippen LogP contribution in [0.4, 0.5) is 0 Å². The molecule has 2 rings (SSSR count). The van der Waals surface area contributed by atoms with Gasteiger partial charge in [0.2, 0.25) is 0 Å². The summed E-state index contributed by atoms with van der Waals surface area (Å²) in [5.74, 6) is 0. The van der Waals surface area contributed by atoms with Crippen molar-refractivity contribution in [2.45, 2.75) is 64.1 Å². The van der Waals surface area contributed by atoms with Gasteiger partial charge in [0.05, 0.1) is 22.0 Å². The predicted molar refractivity (Wildman–Crippen MR) is 72.7 cm³/mol. The van der Waals surface area contributed by atoms with Crippen molar-refractivity contribution < 1.29 is 5.11 Å². The summed E-state index contributed by atoms with van der Waals surface area (Å²) in [7, 11) is 0. The van der Waals surface area contributed by atoms with Crippen LogP contribution in [0.5, 0.6) is 0 Å². The summed E-state index contributed by atoms with van der Waals surface area (Å²) in [5, 5.41) is 15.7. The molecule has 4 nitrogen and oxygen atoms in total. The monoisotopic (exact) mass is 271 g/mol. The van der Waals surface area contributed by atoms with Crippen molar-refractivity contribution in [2.75, 3.05) is 0 Å². The van der Waals surface area contributed by atoms with Crippen molar-refractivity contribution in [1.29, 1.82) is 0 Å². The Balaban J connectivity index is 2.22. The maximum atomic E-state index is 10.7. The number of aryl methyl sites for hydroxylation is 2. The van der Waals surface area contributed by atoms with Gasteiger partial charge in [0.1, 0.15) is 0 Å². The van der Waals surface area contributed by atoms with Crippen LogP contribution in [0.2, 0.25) is 5.02 Å². The van der Waals surface area contributed by atoms with E-state index >= 15 is 0 Å². The Kier molecular flexibility index (Phi) is 3.99. The van der Waals surface area contributed by atoms with Gasteiger partial charge in [-0.3, -0.25) is 4.68 Å². The number of halogens is 1. The maximum Gasteiger partial charge on any atom is 0.0848 e. The Bertz CT molecular complexity index is 432. The van der Waals surface area contributed by atoms with Crippen LogP contribution in [0.3, 0.4) is 0 Å². The molecule has 0 aromatic carbocycles. The largest absolute Gasteiger partial charge is 0.389 e. The standard InChI is InChI=1S/C13H22ClN3O/c1-3-17-11(12(14)9(2)16-17)8-13(18)6-4-5-10(15)7-13/h10,18H,3-8,15H2,1-2H3. The number of aromatic nitrogens is 2. The second-order valence-corrected chi connectivity index (χ2v) is 5.80. The van der Waals surface area contributed by atoms with E-state index in [0.29, 0.717) is 17.9 Å². The zero-order valence-corrected chi connectivity index (χ0v) is 11.9. The van der Waals surface area contributed by atoms with E-state index in [0.717, 1.165) is 37.2 Å². The Labute approximate surface area is 113 Å². The topological polar surface area (TPSA) is 64.1 Å². The van der Waals surface area contributed by atoms with Gasteiger partial charge in [-0.2, -0.15) is 5.10 Å². The van der Waals surface area contributed by atoms with Gasteiger partial charge in [-0.1, -0.05) is 11.6 Å². The number of aliphatic hydroxyl groups is 1. The lowest BCUT2D eigenvalue weighted by molar-refractivity contribution is -0.00352. The van der Waals surface area contributed by atoms with Crippen molar-refractivity contribution in [1.82, 2.24) is 9.78 Å². The number of hydrogen-bond donors (Lipinski definition) is 2. The summed E-state index contributed by atoms with van der Waals surface area (Å²) in [6.07, 6.45) is 3.98. The molecule has 18 heavy (non-hydrogen) atoms. The molecule has 1 saturated carbocycles. The third-order valence-electron chi connectivity index (χ3n) is 3.81. The molecule has 102 valence electrons. The fourth-order valence-electron chi connectivity index (χ4n) is 2.90. The first-order chi connectivity index (χ1) is 8.45. The smallest absolute Gasteiger partial charge is 0.0848 e. The van der Waals surface area contributed by atoms with E-state index < -0.39 is 5.60 Å². The fraction of sp³-hybridized carbons (Fsp3) is 0.769. The molecule has 0 saturated heterocycles. The van der Waals surface area contributed by atoms with Crippen LogP contribution in [0.25, 0.3) is 0 Å². The van der Waals surface area contributed by atoms with Crippen molar-refractivity contribution >= 4 is 11.6 Å². The molecular weight excluding hydrogens is 250 g/mol. The number of rotatable bonds is 3. The van der Waals surface area contributed by atoms with Gasteiger partial charge in [-0.25, -0.2) is 0 Å². The van der Waals surface area contributed by atoms with Crippen molar-refractivity contribution in [2.24, 2.45) is 5.73 Å². The highest BCUT2D eigenvalue weighted by Gasteiger charge is 2.35. The van der Waals surface area contributed by atoms with E-state index in [1.165, 1.54) is 0 Å². The molecule has 1 heterocycles. The van der Waals surface area contributed by atoms with Gasteiger partial charge >= 0.3 is 0 Å². The first-order valence-corrected chi connectivity index (χ1v) is 7.03. The highest BCUT2D eigenvalue weighted by molar-refractivity contribution is 6.31. The lowest BCUT2D eigenvalue weighted by Crippen LogP contribution is -2.43. The van der Waals surface area contributed by atoms with Crippen LogP contribution < -0.4 is 5.73 Å². The molecule has 2 atom stereocenters. The van der Waals surface area contributed by atoms with Gasteiger partial charge in [-0.15, -0.1) is 0 Å². The highest BCUT2D eigenvalue weighted by Crippen LogP contribution is 2.33. The second-order valence-electron chi connectivity index (χ2n) is 5.42. The number of nitrogens with two attached hydrogens (primary N) is 1. The SMILES string of the molecule is CCn1nc(C)c(Cl)c1CC1(O)CCCC(N)C1. The Morgan fingerprint density at radius 1 is 1.61 bits per heavy atom. The minimum absolute atomic E-state index is 0.0987. The van der Waals surface area contributed by atoms with Crippen LogP contribution in [-0.2, 0) is 13.0 Å². The summed E-state index contributed by atoms with van der Waals surface area (Å²) in [6, 6.07) is 0.0987. The van der Waals surface area contributed by atoms with E-state index in [1.807, 2.05) is 18.5 Å². The highest BCUT2D eigenvalue weighted by atomic mass is 35.5. The molecule has 0 radical (unpaired) electrons. The molecule has 1 aromatic rings. The normalized spacial score (nSPS) is 28.6. The lowest BCUT2D eigenvalue weighted by atomic mass is 9.79. The van der Waals surface area contributed by atoms with Crippen LogP contribution in [-0.4, -0.2) is 26.5 Å². The summed E-state index contributed by atoms with van der Waals surface area (Å²) < 4.78 is 1.88. The quantitative estimate of drug-likeness (QED) is 0.884.